The second kappa shape index (κ2) is 4.53. The van der Waals surface area contributed by atoms with Gasteiger partial charge >= 0.3 is 0 Å². The molecule has 0 aliphatic carbocycles. The number of carbonyl (C=O) groups excluding carboxylic acids is 1. The maximum Gasteiger partial charge on any atom is 0.238 e. The molecule has 20 heavy (non-hydrogen) atoms. The SMILES string of the molecule is O=C1CNC(c2ccccc2F)N1C1CC2CCC1O2. The maximum absolute atomic E-state index is 14.0. The van der Waals surface area contributed by atoms with Crippen LogP contribution in [0.2, 0.25) is 0 Å². The Bertz CT molecular complexity index is 550. The second-order valence-electron chi connectivity index (χ2n) is 5.78. The molecule has 3 saturated heterocycles. The molecule has 0 radical (unpaired) electrons. The molecule has 4 unspecified atom stereocenters. The number of amides is 1. The zero-order chi connectivity index (χ0) is 13.7. The molecule has 3 aliphatic heterocycles. The Balaban J connectivity index is 1.66. The summed E-state index contributed by atoms with van der Waals surface area (Å²) in [5.74, 6) is -0.229. The Morgan fingerprint density at radius 3 is 2.85 bits per heavy atom. The van der Waals surface area contributed by atoms with Crippen LogP contribution in [0.15, 0.2) is 24.3 Å². The van der Waals surface area contributed by atoms with Crippen molar-refractivity contribution in [3.63, 3.8) is 0 Å². The first-order valence-corrected chi connectivity index (χ1v) is 7.18. The summed E-state index contributed by atoms with van der Waals surface area (Å²) in [5, 5.41) is 3.13. The van der Waals surface area contributed by atoms with Crippen molar-refractivity contribution in [1.29, 1.82) is 0 Å². The number of nitrogens with one attached hydrogen (secondary N) is 1. The Morgan fingerprint density at radius 2 is 2.15 bits per heavy atom. The topological polar surface area (TPSA) is 41.6 Å². The average molecular weight is 276 g/mol. The van der Waals surface area contributed by atoms with Crippen LogP contribution in [0.5, 0.6) is 0 Å². The van der Waals surface area contributed by atoms with E-state index in [2.05, 4.69) is 5.32 Å². The summed E-state index contributed by atoms with van der Waals surface area (Å²) < 4.78 is 19.9. The van der Waals surface area contributed by atoms with Crippen molar-refractivity contribution in [2.45, 2.75) is 43.7 Å². The van der Waals surface area contributed by atoms with E-state index in [1.807, 2.05) is 4.90 Å². The van der Waals surface area contributed by atoms with Crippen LogP contribution < -0.4 is 5.32 Å². The molecule has 106 valence electrons. The van der Waals surface area contributed by atoms with Gasteiger partial charge in [0.25, 0.3) is 0 Å². The Labute approximate surface area is 116 Å². The second-order valence-corrected chi connectivity index (χ2v) is 5.78. The van der Waals surface area contributed by atoms with Gasteiger partial charge in [0.2, 0.25) is 5.91 Å². The summed E-state index contributed by atoms with van der Waals surface area (Å²) in [6, 6.07) is 6.74. The van der Waals surface area contributed by atoms with E-state index < -0.39 is 0 Å². The normalized spacial score (nSPS) is 36.0. The lowest BCUT2D eigenvalue weighted by Crippen LogP contribution is -2.45. The lowest BCUT2D eigenvalue weighted by Gasteiger charge is -2.34. The molecule has 5 heteroatoms. The standard InChI is InChI=1S/C15H17FN2O2/c16-11-4-2-1-3-10(11)15-17-8-14(19)18(15)12-7-9-5-6-13(12)20-9/h1-4,9,12-13,15,17H,5-8H2. The van der Waals surface area contributed by atoms with Crippen molar-refractivity contribution >= 4 is 5.91 Å². The van der Waals surface area contributed by atoms with Gasteiger partial charge in [-0.1, -0.05) is 18.2 Å². The highest BCUT2D eigenvalue weighted by atomic mass is 19.1. The van der Waals surface area contributed by atoms with Crippen molar-refractivity contribution in [1.82, 2.24) is 10.2 Å². The number of fused-ring (bicyclic) bond motifs is 2. The number of rotatable bonds is 2. The fourth-order valence-electron chi connectivity index (χ4n) is 3.75. The van der Waals surface area contributed by atoms with Gasteiger partial charge in [-0.15, -0.1) is 0 Å². The van der Waals surface area contributed by atoms with E-state index in [1.165, 1.54) is 6.07 Å². The van der Waals surface area contributed by atoms with Crippen LogP contribution in [0.4, 0.5) is 4.39 Å². The van der Waals surface area contributed by atoms with Crippen molar-refractivity contribution in [3.8, 4) is 0 Å². The van der Waals surface area contributed by atoms with Gasteiger partial charge in [-0.05, 0) is 25.3 Å². The molecule has 3 heterocycles. The minimum Gasteiger partial charge on any atom is -0.373 e. The Kier molecular flexibility index (Phi) is 2.79. The van der Waals surface area contributed by atoms with Crippen LogP contribution in [0, 0.1) is 5.82 Å². The summed E-state index contributed by atoms with van der Waals surface area (Å²) in [7, 11) is 0. The lowest BCUT2D eigenvalue weighted by atomic mass is 9.93. The third-order valence-electron chi connectivity index (χ3n) is 4.64. The number of hydrogen-bond donors (Lipinski definition) is 1. The molecule has 0 saturated carbocycles. The molecule has 3 aliphatic rings. The number of ether oxygens (including phenoxy) is 1. The Hall–Kier alpha value is -1.46. The predicted octanol–water partition coefficient (Wildman–Crippen LogP) is 1.58. The van der Waals surface area contributed by atoms with Gasteiger partial charge in [0, 0.05) is 5.56 Å². The van der Waals surface area contributed by atoms with E-state index in [0.717, 1.165) is 19.3 Å². The number of carbonyl (C=O) groups is 1. The summed E-state index contributed by atoms with van der Waals surface area (Å²) in [5.41, 5.74) is 0.543. The molecule has 1 amide bonds. The van der Waals surface area contributed by atoms with E-state index in [1.54, 1.807) is 18.2 Å². The third-order valence-corrected chi connectivity index (χ3v) is 4.64. The van der Waals surface area contributed by atoms with E-state index in [4.69, 9.17) is 4.74 Å². The third kappa shape index (κ3) is 1.77. The number of benzene rings is 1. The first-order valence-electron chi connectivity index (χ1n) is 7.18. The summed E-state index contributed by atoms with van der Waals surface area (Å²) >= 11 is 0. The van der Waals surface area contributed by atoms with Gasteiger partial charge in [0.05, 0.1) is 24.8 Å². The maximum atomic E-state index is 14.0. The van der Waals surface area contributed by atoms with E-state index >= 15 is 0 Å². The highest BCUT2D eigenvalue weighted by molar-refractivity contribution is 5.81. The average Bonchev–Trinajstić information content (AvgIpc) is 3.14. The molecule has 1 aromatic rings. The van der Waals surface area contributed by atoms with Gasteiger partial charge in [-0.25, -0.2) is 4.39 Å². The predicted molar refractivity (Wildman–Crippen MR) is 70.3 cm³/mol. The summed E-state index contributed by atoms with van der Waals surface area (Å²) in [6.45, 7) is 0.271. The van der Waals surface area contributed by atoms with Crippen LogP contribution in [0.3, 0.4) is 0 Å². The zero-order valence-electron chi connectivity index (χ0n) is 11.1. The van der Waals surface area contributed by atoms with Crippen LogP contribution in [0.25, 0.3) is 0 Å². The van der Waals surface area contributed by atoms with E-state index in [9.17, 15) is 9.18 Å². The van der Waals surface area contributed by atoms with Crippen LogP contribution in [-0.4, -0.2) is 35.6 Å². The van der Waals surface area contributed by atoms with Gasteiger partial charge in [-0.3, -0.25) is 10.1 Å². The largest absolute Gasteiger partial charge is 0.373 e. The van der Waals surface area contributed by atoms with Gasteiger partial charge < -0.3 is 9.64 Å². The van der Waals surface area contributed by atoms with Crippen LogP contribution >= 0.6 is 0 Å². The van der Waals surface area contributed by atoms with Crippen molar-refractivity contribution in [3.05, 3.63) is 35.6 Å². The fraction of sp³-hybridized carbons (Fsp3) is 0.533. The quantitative estimate of drug-likeness (QED) is 0.891. The van der Waals surface area contributed by atoms with Crippen molar-refractivity contribution < 1.29 is 13.9 Å². The number of nitrogens with zero attached hydrogens (tertiary/aromatic N) is 1. The summed E-state index contributed by atoms with van der Waals surface area (Å²) in [4.78, 5) is 14.0. The van der Waals surface area contributed by atoms with Gasteiger partial charge in [0.15, 0.2) is 0 Å². The first kappa shape index (κ1) is 12.3. The Morgan fingerprint density at radius 1 is 1.30 bits per heavy atom. The summed E-state index contributed by atoms with van der Waals surface area (Å²) in [6.07, 6.45) is 3.00. The molecule has 3 fully saturated rings. The van der Waals surface area contributed by atoms with Crippen molar-refractivity contribution in [2.24, 2.45) is 0 Å². The molecular formula is C15H17FN2O2. The molecule has 2 bridgehead atoms. The van der Waals surface area contributed by atoms with Crippen LogP contribution in [0.1, 0.15) is 31.0 Å². The highest BCUT2D eigenvalue weighted by Crippen LogP contribution is 2.41. The smallest absolute Gasteiger partial charge is 0.238 e. The molecular weight excluding hydrogens is 259 g/mol. The van der Waals surface area contributed by atoms with Crippen molar-refractivity contribution in [2.75, 3.05) is 6.54 Å². The van der Waals surface area contributed by atoms with E-state index in [0.29, 0.717) is 5.56 Å². The monoisotopic (exact) mass is 276 g/mol. The molecule has 4 rings (SSSR count). The zero-order valence-corrected chi connectivity index (χ0v) is 11.1. The number of halogens is 1. The minimum atomic E-state index is -0.364. The molecule has 1 aromatic carbocycles. The fourth-order valence-corrected chi connectivity index (χ4v) is 3.75. The molecule has 1 N–H and O–H groups in total. The first-order chi connectivity index (χ1) is 9.74. The number of hydrogen-bond acceptors (Lipinski definition) is 3. The van der Waals surface area contributed by atoms with Crippen LogP contribution in [-0.2, 0) is 9.53 Å². The molecule has 4 nitrogen and oxygen atoms in total. The molecule has 0 aromatic heterocycles. The van der Waals surface area contributed by atoms with Gasteiger partial charge in [0.1, 0.15) is 12.0 Å². The van der Waals surface area contributed by atoms with E-state index in [-0.39, 0.29) is 42.7 Å². The molecule has 0 spiro atoms. The highest BCUT2D eigenvalue weighted by Gasteiger charge is 2.49. The minimum absolute atomic E-state index is 0.0411. The molecule has 4 atom stereocenters. The van der Waals surface area contributed by atoms with Gasteiger partial charge in [-0.2, -0.15) is 0 Å². The lowest BCUT2D eigenvalue weighted by molar-refractivity contribution is -0.131.